The average Bonchev–Trinajstić information content (AvgIpc) is 2.79. The zero-order chi connectivity index (χ0) is 26.9. The summed E-state index contributed by atoms with van der Waals surface area (Å²) in [6.45, 7) is 4.19. The molecule has 1 atom stereocenters. The summed E-state index contributed by atoms with van der Waals surface area (Å²) in [5.74, 6) is -1.31. The van der Waals surface area contributed by atoms with Crippen LogP contribution >= 0.6 is 23.2 Å². The minimum Gasteiger partial charge on any atom is -0.368 e. The second kappa shape index (κ2) is 13.9. The summed E-state index contributed by atoms with van der Waals surface area (Å²) < 4.78 is 40.6. The zero-order valence-electron chi connectivity index (χ0n) is 20.3. The third-order valence-electron chi connectivity index (χ3n) is 5.59. The van der Waals surface area contributed by atoms with Gasteiger partial charge in [-0.2, -0.15) is 0 Å². The minimum atomic E-state index is -3.93. The first-order valence-electron chi connectivity index (χ1n) is 11.7. The van der Waals surface area contributed by atoms with Crippen LogP contribution in [-0.4, -0.2) is 44.3 Å². The van der Waals surface area contributed by atoms with Gasteiger partial charge in [-0.3, -0.25) is 9.59 Å². The normalized spacial score (nSPS) is 12.5. The number of primary amides is 1. The van der Waals surface area contributed by atoms with Gasteiger partial charge in [-0.05, 0) is 61.4 Å². The van der Waals surface area contributed by atoms with Crippen molar-refractivity contribution >= 4 is 45.0 Å². The van der Waals surface area contributed by atoms with E-state index in [0.717, 1.165) is 23.8 Å². The van der Waals surface area contributed by atoms with Gasteiger partial charge in [0.2, 0.25) is 21.8 Å². The van der Waals surface area contributed by atoms with Crippen molar-refractivity contribution in [3.63, 3.8) is 0 Å². The van der Waals surface area contributed by atoms with Gasteiger partial charge in [-0.25, -0.2) is 17.5 Å². The topological polar surface area (TPSA) is 110 Å². The van der Waals surface area contributed by atoms with E-state index in [2.05, 4.69) is 4.72 Å². The van der Waals surface area contributed by atoms with Crippen molar-refractivity contribution in [2.45, 2.75) is 56.9 Å². The largest absolute Gasteiger partial charge is 0.368 e. The number of benzene rings is 2. The molecule has 36 heavy (non-hydrogen) atoms. The Labute approximate surface area is 222 Å². The fraction of sp³-hybridized carbons (Fsp3) is 0.440. The monoisotopic (exact) mass is 559 g/mol. The van der Waals surface area contributed by atoms with Gasteiger partial charge in [0.05, 0.1) is 5.02 Å². The molecule has 0 aliphatic rings. The molecule has 11 heteroatoms. The lowest BCUT2D eigenvalue weighted by Gasteiger charge is -2.31. The fourth-order valence-corrected chi connectivity index (χ4v) is 5.60. The molecule has 0 aliphatic heterocycles. The van der Waals surface area contributed by atoms with Crippen LogP contribution in [0.25, 0.3) is 0 Å². The van der Waals surface area contributed by atoms with Crippen molar-refractivity contribution in [3.8, 4) is 0 Å². The molecule has 2 aromatic rings. The summed E-state index contributed by atoms with van der Waals surface area (Å²) in [6.07, 6.45) is 1.81. The van der Waals surface area contributed by atoms with Crippen molar-refractivity contribution in [1.82, 2.24) is 9.62 Å². The molecule has 0 aromatic heterocycles. The van der Waals surface area contributed by atoms with Crippen LogP contribution in [0.15, 0.2) is 47.4 Å². The molecule has 0 bridgehead atoms. The summed E-state index contributed by atoms with van der Waals surface area (Å²) in [5, 5.41) is 0.356. The lowest BCUT2D eigenvalue weighted by Crippen LogP contribution is -2.49. The maximum absolute atomic E-state index is 13.2. The van der Waals surface area contributed by atoms with Gasteiger partial charge in [0.1, 0.15) is 16.8 Å². The van der Waals surface area contributed by atoms with Gasteiger partial charge in [-0.1, -0.05) is 55.2 Å². The molecule has 2 amide bonds. The summed E-state index contributed by atoms with van der Waals surface area (Å²) >= 11 is 12.1. The summed E-state index contributed by atoms with van der Waals surface area (Å²) in [4.78, 5) is 26.6. The number of nitrogens with one attached hydrogen (secondary N) is 1. The van der Waals surface area contributed by atoms with Crippen molar-refractivity contribution in [1.29, 1.82) is 0 Å². The Morgan fingerprint density at radius 3 is 2.39 bits per heavy atom. The number of nitrogens with zero attached hydrogens (tertiary/aromatic N) is 1. The highest BCUT2D eigenvalue weighted by molar-refractivity contribution is 7.89. The van der Waals surface area contributed by atoms with Crippen LogP contribution in [0.2, 0.25) is 10.0 Å². The van der Waals surface area contributed by atoms with E-state index in [9.17, 15) is 22.4 Å². The average molecular weight is 561 g/mol. The van der Waals surface area contributed by atoms with Crippen LogP contribution in [0.3, 0.4) is 0 Å². The number of carbonyl (C=O) groups is 2. The number of hydrogen-bond donors (Lipinski definition) is 2. The molecule has 2 aromatic carbocycles. The molecule has 0 saturated heterocycles. The molecule has 2 rings (SSSR count). The number of carbonyl (C=O) groups excluding carboxylic acids is 2. The standard InChI is InChI=1S/C25H32Cl2FN3O4S/c1-17(2)15-22(25(29)33)31(24(32)12-9-18-7-3-4-8-20(18)26)14-6-5-13-30-36(34,35)23-11-10-19(28)16-21(23)27/h3-4,7-8,10-11,16-17,22,30H,5-6,9,12-15H2,1-2H3,(H2,29,33)/t22-/m0/s1. The summed E-state index contributed by atoms with van der Waals surface area (Å²) in [7, 11) is -3.93. The van der Waals surface area contributed by atoms with Crippen LogP contribution in [-0.2, 0) is 26.0 Å². The Morgan fingerprint density at radius 2 is 1.78 bits per heavy atom. The molecule has 0 spiro atoms. The molecule has 198 valence electrons. The van der Waals surface area contributed by atoms with Crippen LogP contribution in [0, 0.1) is 11.7 Å². The van der Waals surface area contributed by atoms with Gasteiger partial charge in [0, 0.05) is 24.5 Å². The van der Waals surface area contributed by atoms with E-state index in [0.29, 0.717) is 30.7 Å². The molecule has 0 fully saturated rings. The van der Waals surface area contributed by atoms with Crippen LogP contribution in [0.5, 0.6) is 0 Å². The Morgan fingerprint density at radius 1 is 1.08 bits per heavy atom. The Hall–Kier alpha value is -2.20. The van der Waals surface area contributed by atoms with Gasteiger partial charge in [0.25, 0.3) is 0 Å². The maximum atomic E-state index is 13.2. The fourth-order valence-electron chi connectivity index (χ4n) is 3.77. The Balaban J connectivity index is 2.01. The van der Waals surface area contributed by atoms with Crippen molar-refractivity contribution in [3.05, 3.63) is 63.9 Å². The second-order valence-electron chi connectivity index (χ2n) is 8.91. The SMILES string of the molecule is CC(C)C[C@@H](C(N)=O)N(CCCCNS(=O)(=O)c1ccc(F)cc1Cl)C(=O)CCc1ccccc1Cl. The van der Waals surface area contributed by atoms with Gasteiger partial charge < -0.3 is 10.6 Å². The minimum absolute atomic E-state index is 0.0725. The first-order chi connectivity index (χ1) is 16.9. The zero-order valence-corrected chi connectivity index (χ0v) is 22.7. The smallest absolute Gasteiger partial charge is 0.242 e. The lowest BCUT2D eigenvalue weighted by molar-refractivity contribution is -0.140. The quantitative estimate of drug-likeness (QED) is 0.331. The predicted octanol–water partition coefficient (Wildman–Crippen LogP) is 4.55. The number of aryl methyl sites for hydroxylation is 1. The number of sulfonamides is 1. The number of unbranched alkanes of at least 4 members (excludes halogenated alkanes) is 1. The highest BCUT2D eigenvalue weighted by atomic mass is 35.5. The molecule has 3 N–H and O–H groups in total. The molecule has 0 heterocycles. The second-order valence-corrected chi connectivity index (χ2v) is 11.5. The van der Waals surface area contributed by atoms with Gasteiger partial charge in [-0.15, -0.1) is 0 Å². The lowest BCUT2D eigenvalue weighted by atomic mass is 10.0. The van der Waals surface area contributed by atoms with Crippen molar-refractivity contribution in [2.24, 2.45) is 11.7 Å². The highest BCUT2D eigenvalue weighted by Gasteiger charge is 2.28. The molecule has 0 radical (unpaired) electrons. The van der Waals surface area contributed by atoms with Crippen LogP contribution in [0.1, 0.15) is 45.1 Å². The van der Waals surface area contributed by atoms with E-state index in [1.807, 2.05) is 32.0 Å². The molecular formula is C25H32Cl2FN3O4S. The predicted molar refractivity (Wildman–Crippen MR) is 140 cm³/mol. The van der Waals surface area contributed by atoms with E-state index in [4.69, 9.17) is 28.9 Å². The van der Waals surface area contributed by atoms with Crippen LogP contribution in [0.4, 0.5) is 4.39 Å². The molecule has 7 nitrogen and oxygen atoms in total. The van der Waals surface area contributed by atoms with Gasteiger partial charge in [0.15, 0.2) is 0 Å². The summed E-state index contributed by atoms with van der Waals surface area (Å²) in [6, 6.07) is 9.54. The Bertz CT molecular complexity index is 1160. The van der Waals surface area contributed by atoms with Crippen LogP contribution < -0.4 is 10.5 Å². The maximum Gasteiger partial charge on any atom is 0.242 e. The Kier molecular flexibility index (Phi) is 11.6. The van der Waals surface area contributed by atoms with E-state index < -0.39 is 27.8 Å². The third-order valence-corrected chi connectivity index (χ3v) is 7.90. The van der Waals surface area contributed by atoms with E-state index in [1.165, 1.54) is 4.90 Å². The molecule has 0 saturated carbocycles. The van der Waals surface area contributed by atoms with Crippen molar-refractivity contribution < 1.29 is 22.4 Å². The molecule has 0 aliphatic carbocycles. The number of halogens is 3. The molecule has 0 unspecified atom stereocenters. The highest BCUT2D eigenvalue weighted by Crippen LogP contribution is 2.22. The number of hydrogen-bond acceptors (Lipinski definition) is 4. The third kappa shape index (κ3) is 9.03. The number of nitrogens with two attached hydrogens (primary N) is 1. The number of rotatable bonds is 14. The first kappa shape index (κ1) is 30.0. The number of amides is 2. The van der Waals surface area contributed by atoms with Gasteiger partial charge >= 0.3 is 0 Å². The van der Waals surface area contributed by atoms with Crippen molar-refractivity contribution in [2.75, 3.05) is 13.1 Å². The molecular weight excluding hydrogens is 528 g/mol. The van der Waals surface area contributed by atoms with E-state index in [1.54, 1.807) is 6.07 Å². The van der Waals surface area contributed by atoms with E-state index >= 15 is 0 Å². The first-order valence-corrected chi connectivity index (χ1v) is 13.9. The van der Waals surface area contributed by atoms with E-state index in [-0.39, 0.29) is 41.3 Å². The summed E-state index contributed by atoms with van der Waals surface area (Å²) in [5.41, 5.74) is 6.48.